The summed E-state index contributed by atoms with van der Waals surface area (Å²) in [6.45, 7) is 6.82. The van der Waals surface area contributed by atoms with E-state index in [0.29, 0.717) is 0 Å². The minimum atomic E-state index is 0. The molecular formula is C17H27BrN2. The van der Waals surface area contributed by atoms with Crippen LogP contribution in [-0.2, 0) is 13.1 Å². The Morgan fingerprint density at radius 2 is 1.65 bits per heavy atom. The number of benzene rings is 1. The van der Waals surface area contributed by atoms with E-state index in [4.69, 9.17) is 0 Å². The summed E-state index contributed by atoms with van der Waals surface area (Å²) in [5, 5.41) is 0. The summed E-state index contributed by atoms with van der Waals surface area (Å²) < 4.78 is 4.86. The van der Waals surface area contributed by atoms with E-state index in [-0.39, 0.29) is 17.0 Å². The van der Waals surface area contributed by atoms with Gasteiger partial charge in [0.2, 0.25) is 6.33 Å². The first-order valence-electron chi connectivity index (χ1n) is 7.84. The highest BCUT2D eigenvalue weighted by atomic mass is 79.9. The molecule has 0 atom stereocenters. The van der Waals surface area contributed by atoms with Gasteiger partial charge in [-0.1, -0.05) is 38.8 Å². The molecule has 20 heavy (non-hydrogen) atoms. The second kappa shape index (κ2) is 9.17. The smallest absolute Gasteiger partial charge is 0.244 e. The van der Waals surface area contributed by atoms with Crippen LogP contribution in [0.2, 0.25) is 0 Å². The number of imidazole rings is 1. The first-order chi connectivity index (χ1) is 9.36. The maximum atomic E-state index is 2.43. The van der Waals surface area contributed by atoms with Gasteiger partial charge >= 0.3 is 0 Å². The van der Waals surface area contributed by atoms with Crippen molar-refractivity contribution in [1.82, 2.24) is 4.57 Å². The third kappa shape index (κ3) is 4.34. The zero-order valence-electron chi connectivity index (χ0n) is 12.8. The van der Waals surface area contributed by atoms with Crippen molar-refractivity contribution >= 4 is 11.0 Å². The molecule has 0 radical (unpaired) electrons. The molecule has 0 saturated heterocycles. The molecule has 2 nitrogen and oxygen atoms in total. The van der Waals surface area contributed by atoms with Crippen molar-refractivity contribution < 1.29 is 21.5 Å². The number of fused-ring (bicyclic) bond motifs is 1. The average Bonchev–Trinajstić information content (AvgIpc) is 2.79. The summed E-state index contributed by atoms with van der Waals surface area (Å²) in [7, 11) is 0. The zero-order valence-corrected chi connectivity index (χ0v) is 14.4. The molecule has 1 heterocycles. The predicted molar refractivity (Wildman–Crippen MR) is 81.2 cm³/mol. The Hall–Kier alpha value is -0.830. The second-order valence-electron chi connectivity index (χ2n) is 5.41. The molecule has 0 aliphatic carbocycles. The summed E-state index contributed by atoms with van der Waals surface area (Å²) >= 11 is 0. The average molecular weight is 339 g/mol. The lowest BCUT2D eigenvalue weighted by Gasteiger charge is -1.96. The van der Waals surface area contributed by atoms with Gasteiger partial charge in [0, 0.05) is 0 Å². The normalized spacial score (nSPS) is 10.7. The molecule has 0 saturated carbocycles. The molecule has 0 spiro atoms. The number of unbranched alkanes of at least 4 members (excludes halogenated alkanes) is 4. The fourth-order valence-corrected chi connectivity index (χ4v) is 2.66. The number of hydrogen-bond donors (Lipinski definition) is 0. The minimum absolute atomic E-state index is 0. The summed E-state index contributed by atoms with van der Waals surface area (Å²) in [5.74, 6) is 0. The first kappa shape index (κ1) is 17.2. The zero-order chi connectivity index (χ0) is 13.5. The largest absolute Gasteiger partial charge is 1.00 e. The van der Waals surface area contributed by atoms with Crippen molar-refractivity contribution in [2.45, 2.75) is 65.5 Å². The molecule has 112 valence electrons. The van der Waals surface area contributed by atoms with Crippen molar-refractivity contribution in [2.75, 3.05) is 0 Å². The van der Waals surface area contributed by atoms with Crippen LogP contribution in [0.15, 0.2) is 30.6 Å². The minimum Gasteiger partial charge on any atom is -1.00 e. The summed E-state index contributed by atoms with van der Waals surface area (Å²) in [6.07, 6.45) is 10.1. The fraction of sp³-hybridized carbons (Fsp3) is 0.588. The van der Waals surface area contributed by atoms with Gasteiger partial charge in [-0.25, -0.2) is 9.13 Å². The highest BCUT2D eigenvalue weighted by molar-refractivity contribution is 5.71. The van der Waals surface area contributed by atoms with Crippen LogP contribution < -0.4 is 21.5 Å². The molecule has 0 amide bonds. The van der Waals surface area contributed by atoms with Crippen molar-refractivity contribution in [3.05, 3.63) is 30.6 Å². The van der Waals surface area contributed by atoms with Gasteiger partial charge in [-0.05, 0) is 37.8 Å². The lowest BCUT2D eigenvalue weighted by atomic mass is 10.2. The summed E-state index contributed by atoms with van der Waals surface area (Å²) in [6, 6.07) is 8.79. The molecule has 2 rings (SSSR count). The van der Waals surface area contributed by atoms with E-state index in [9.17, 15) is 0 Å². The Morgan fingerprint density at radius 3 is 2.40 bits per heavy atom. The molecule has 3 heteroatoms. The molecule has 0 N–H and O–H groups in total. The molecule has 0 bridgehead atoms. The molecule has 0 fully saturated rings. The van der Waals surface area contributed by atoms with E-state index in [1.165, 1.54) is 49.6 Å². The van der Waals surface area contributed by atoms with Crippen LogP contribution in [-0.4, -0.2) is 4.57 Å². The van der Waals surface area contributed by atoms with Crippen molar-refractivity contribution in [3.63, 3.8) is 0 Å². The van der Waals surface area contributed by atoms with Crippen molar-refractivity contribution in [3.8, 4) is 0 Å². The van der Waals surface area contributed by atoms with Gasteiger partial charge in [-0.3, -0.25) is 0 Å². The van der Waals surface area contributed by atoms with Crippen molar-refractivity contribution in [1.29, 1.82) is 0 Å². The van der Waals surface area contributed by atoms with Gasteiger partial charge in [0.15, 0.2) is 11.0 Å². The molecule has 1 aromatic heterocycles. The summed E-state index contributed by atoms with van der Waals surface area (Å²) in [5.41, 5.74) is 2.77. The number of aromatic nitrogens is 2. The maximum absolute atomic E-state index is 2.43. The quantitative estimate of drug-likeness (QED) is 0.507. The van der Waals surface area contributed by atoms with Crippen LogP contribution in [0.4, 0.5) is 0 Å². The van der Waals surface area contributed by atoms with Crippen LogP contribution in [0.3, 0.4) is 0 Å². The van der Waals surface area contributed by atoms with Gasteiger partial charge < -0.3 is 17.0 Å². The van der Waals surface area contributed by atoms with Gasteiger partial charge in [0.05, 0.1) is 13.1 Å². The van der Waals surface area contributed by atoms with E-state index in [0.717, 1.165) is 13.1 Å². The highest BCUT2D eigenvalue weighted by Gasteiger charge is 2.13. The lowest BCUT2D eigenvalue weighted by Crippen LogP contribution is -3.00. The first-order valence-corrected chi connectivity index (χ1v) is 7.84. The number of halogens is 1. The van der Waals surface area contributed by atoms with Crippen molar-refractivity contribution in [2.24, 2.45) is 0 Å². The van der Waals surface area contributed by atoms with E-state index >= 15 is 0 Å². The van der Waals surface area contributed by atoms with E-state index < -0.39 is 0 Å². The molecular weight excluding hydrogens is 312 g/mol. The summed E-state index contributed by atoms with van der Waals surface area (Å²) in [4.78, 5) is 0. The van der Waals surface area contributed by atoms with Crippen LogP contribution in [0.1, 0.15) is 52.4 Å². The monoisotopic (exact) mass is 338 g/mol. The molecule has 2 aromatic rings. The SMILES string of the molecule is CCCCCn1c[n+](CCCCC)c2ccccc21.[Br-]. The Labute approximate surface area is 133 Å². The Morgan fingerprint density at radius 1 is 0.950 bits per heavy atom. The number of para-hydroxylation sites is 2. The van der Waals surface area contributed by atoms with Crippen LogP contribution in [0.25, 0.3) is 11.0 Å². The van der Waals surface area contributed by atoms with Crippen LogP contribution >= 0.6 is 0 Å². The Kier molecular flexibility index (Phi) is 7.90. The number of aryl methyl sites for hydroxylation is 2. The second-order valence-corrected chi connectivity index (χ2v) is 5.41. The maximum Gasteiger partial charge on any atom is 0.244 e. The topological polar surface area (TPSA) is 8.81 Å². The van der Waals surface area contributed by atoms with E-state index in [1.807, 2.05) is 0 Å². The fourth-order valence-electron chi connectivity index (χ4n) is 2.66. The van der Waals surface area contributed by atoms with Crippen LogP contribution in [0, 0.1) is 0 Å². The third-order valence-corrected chi connectivity index (χ3v) is 3.78. The Bertz CT molecular complexity index is 461. The highest BCUT2D eigenvalue weighted by Crippen LogP contribution is 2.12. The number of nitrogens with zero attached hydrogens (tertiary/aromatic N) is 2. The van der Waals surface area contributed by atoms with Crippen LogP contribution in [0.5, 0.6) is 0 Å². The number of rotatable bonds is 8. The predicted octanol–water partition coefficient (Wildman–Crippen LogP) is 1.31. The molecule has 0 aliphatic rings. The molecule has 0 unspecified atom stereocenters. The van der Waals surface area contributed by atoms with Gasteiger partial charge in [0.1, 0.15) is 0 Å². The Balaban J connectivity index is 0.00000200. The van der Waals surface area contributed by atoms with Gasteiger partial charge in [-0.15, -0.1) is 0 Å². The lowest BCUT2D eigenvalue weighted by molar-refractivity contribution is -0.672. The van der Waals surface area contributed by atoms with Gasteiger partial charge in [-0.2, -0.15) is 0 Å². The number of hydrogen-bond acceptors (Lipinski definition) is 0. The molecule has 0 aliphatic heterocycles. The van der Waals surface area contributed by atoms with Gasteiger partial charge in [0.25, 0.3) is 0 Å². The van der Waals surface area contributed by atoms with E-state index in [1.54, 1.807) is 0 Å². The molecule has 1 aromatic carbocycles. The standard InChI is InChI=1S/C17H27N2.BrH/c1-3-5-9-13-18-15-19(14-10-6-4-2)17-12-8-7-11-16(17)18;/h7-8,11-12,15H,3-6,9-10,13-14H2,1-2H3;1H/q+1;/p-1. The third-order valence-electron chi connectivity index (χ3n) is 3.78. The van der Waals surface area contributed by atoms with E-state index in [2.05, 4.69) is 53.6 Å².